The second-order valence-electron chi connectivity index (χ2n) is 6.75. The largest absolute Gasteiger partial charge is 0.493 e. The third-order valence-electron chi connectivity index (χ3n) is 5.04. The lowest BCUT2D eigenvalue weighted by Gasteiger charge is -2.30. The predicted octanol–water partition coefficient (Wildman–Crippen LogP) is 1.08. The summed E-state index contributed by atoms with van der Waals surface area (Å²) in [6, 6.07) is 9.51. The van der Waals surface area contributed by atoms with Crippen molar-refractivity contribution in [2.45, 2.75) is 6.54 Å². The van der Waals surface area contributed by atoms with E-state index in [1.807, 2.05) is 18.3 Å². The van der Waals surface area contributed by atoms with Gasteiger partial charge in [-0.1, -0.05) is 6.07 Å². The molecule has 28 heavy (non-hydrogen) atoms. The molecule has 146 valence electrons. The Morgan fingerprint density at radius 2 is 1.86 bits per heavy atom. The number of methoxy groups -OCH3 is 2. The molecule has 0 bridgehead atoms. The summed E-state index contributed by atoms with van der Waals surface area (Å²) in [5.74, 6) is 2.86. The number of ether oxygens (including phenoxy) is 2. The normalized spacial score (nSPS) is 15.0. The zero-order chi connectivity index (χ0) is 19.5. The molecule has 1 aliphatic heterocycles. The molecule has 8 nitrogen and oxygen atoms in total. The minimum absolute atomic E-state index is 0.168. The van der Waals surface area contributed by atoms with Crippen LogP contribution in [0.4, 0.5) is 5.82 Å². The summed E-state index contributed by atoms with van der Waals surface area (Å²) >= 11 is 0. The van der Waals surface area contributed by atoms with E-state index in [0.717, 1.165) is 32.0 Å². The molecule has 0 radical (unpaired) electrons. The molecule has 3 heterocycles. The summed E-state index contributed by atoms with van der Waals surface area (Å²) in [7, 11) is 3.12. The fourth-order valence-electron chi connectivity index (χ4n) is 3.53. The van der Waals surface area contributed by atoms with Gasteiger partial charge in [-0.3, -0.25) is 14.6 Å². The highest BCUT2D eigenvalue weighted by Gasteiger charge is 2.23. The number of aromatic amines is 2. The van der Waals surface area contributed by atoms with E-state index < -0.39 is 0 Å². The summed E-state index contributed by atoms with van der Waals surface area (Å²) in [4.78, 5) is 28.0. The first kappa shape index (κ1) is 18.2. The molecule has 0 unspecified atom stereocenters. The highest BCUT2D eigenvalue weighted by Crippen LogP contribution is 2.30. The van der Waals surface area contributed by atoms with E-state index >= 15 is 0 Å². The molecule has 2 N–H and O–H groups in total. The van der Waals surface area contributed by atoms with Crippen LogP contribution in [0.2, 0.25) is 0 Å². The summed E-state index contributed by atoms with van der Waals surface area (Å²) < 4.78 is 10.6. The zero-order valence-electron chi connectivity index (χ0n) is 16.1. The Morgan fingerprint density at radius 3 is 2.54 bits per heavy atom. The number of nitrogens with zero attached hydrogens (tertiary/aromatic N) is 3. The van der Waals surface area contributed by atoms with Crippen LogP contribution < -0.4 is 24.9 Å². The van der Waals surface area contributed by atoms with Crippen molar-refractivity contribution >= 4 is 16.7 Å². The van der Waals surface area contributed by atoms with Crippen molar-refractivity contribution in [1.82, 2.24) is 14.9 Å². The van der Waals surface area contributed by atoms with Gasteiger partial charge in [0.25, 0.3) is 11.4 Å². The van der Waals surface area contributed by atoms with Crippen molar-refractivity contribution in [3.05, 3.63) is 52.7 Å². The van der Waals surface area contributed by atoms with Gasteiger partial charge in [0.15, 0.2) is 11.5 Å². The van der Waals surface area contributed by atoms with Crippen LogP contribution in [0, 0.1) is 0 Å². The molecule has 0 aliphatic carbocycles. The maximum atomic E-state index is 12.5. The second kappa shape index (κ2) is 7.85. The van der Waals surface area contributed by atoms with Crippen LogP contribution in [0.3, 0.4) is 0 Å². The van der Waals surface area contributed by atoms with E-state index in [2.05, 4.69) is 30.8 Å². The fraction of sp³-hybridized carbons (Fsp3) is 0.350. The molecule has 3 aromatic rings. The monoisotopic (exact) mass is 382 g/mol. The fourth-order valence-corrected chi connectivity index (χ4v) is 3.53. The Kier molecular flexibility index (Phi) is 5.12. The minimum Gasteiger partial charge on any atom is -0.493 e. The number of rotatable bonds is 5. The molecular formula is C20H24N5O3+. The van der Waals surface area contributed by atoms with Crippen molar-refractivity contribution in [1.29, 1.82) is 0 Å². The van der Waals surface area contributed by atoms with Crippen molar-refractivity contribution in [2.24, 2.45) is 0 Å². The number of fused-ring (bicyclic) bond motifs is 1. The van der Waals surface area contributed by atoms with Gasteiger partial charge in [0.2, 0.25) is 0 Å². The van der Waals surface area contributed by atoms with E-state index in [-0.39, 0.29) is 5.56 Å². The Balaban J connectivity index is 1.50. The number of anilines is 1. The first-order valence-electron chi connectivity index (χ1n) is 9.27. The molecule has 1 fully saturated rings. The lowest BCUT2D eigenvalue weighted by Crippen LogP contribution is -2.47. The van der Waals surface area contributed by atoms with E-state index in [1.54, 1.807) is 26.4 Å². The standard InChI is InChI=1S/C20H23N5O3/c1-27-16-11-14-15(12-17(16)28-2)22-18(23-20(14)26)13-24-7-9-25(10-8-24)19-5-3-4-6-21-19/h3-6,11-12H,7-10,13H2,1-2H3,(H,22,23,26)/p+1. The van der Waals surface area contributed by atoms with Gasteiger partial charge in [-0.2, -0.15) is 0 Å². The Hall–Kier alpha value is -3.13. The molecule has 2 aromatic heterocycles. The molecular weight excluding hydrogens is 358 g/mol. The van der Waals surface area contributed by atoms with Crippen molar-refractivity contribution in [3.63, 3.8) is 0 Å². The van der Waals surface area contributed by atoms with Crippen LogP contribution in [0.1, 0.15) is 5.82 Å². The molecule has 0 saturated carbocycles. The van der Waals surface area contributed by atoms with Crippen molar-refractivity contribution in [3.8, 4) is 11.5 Å². The van der Waals surface area contributed by atoms with Gasteiger partial charge in [0.1, 0.15) is 5.82 Å². The first-order valence-corrected chi connectivity index (χ1v) is 9.27. The van der Waals surface area contributed by atoms with Crippen LogP contribution >= 0.6 is 0 Å². The van der Waals surface area contributed by atoms with E-state index in [0.29, 0.717) is 34.8 Å². The maximum absolute atomic E-state index is 12.5. The van der Waals surface area contributed by atoms with Gasteiger partial charge >= 0.3 is 0 Å². The molecule has 1 aromatic carbocycles. The number of pyridine rings is 1. The number of nitrogens with one attached hydrogen (secondary N) is 2. The maximum Gasteiger partial charge on any atom is 0.274 e. The molecule has 8 heteroatoms. The number of H-pyrrole nitrogens is 2. The third kappa shape index (κ3) is 3.63. The third-order valence-corrected chi connectivity index (χ3v) is 5.04. The van der Waals surface area contributed by atoms with Crippen LogP contribution in [0.25, 0.3) is 10.9 Å². The number of benzene rings is 1. The van der Waals surface area contributed by atoms with Crippen molar-refractivity contribution < 1.29 is 14.5 Å². The molecule has 0 amide bonds. The van der Waals surface area contributed by atoms with E-state index in [4.69, 9.17) is 9.47 Å². The van der Waals surface area contributed by atoms with E-state index in [1.165, 1.54) is 0 Å². The van der Waals surface area contributed by atoms with E-state index in [9.17, 15) is 4.79 Å². The molecule has 1 saturated heterocycles. The summed E-state index contributed by atoms with van der Waals surface area (Å²) in [5, 5.41) is 0.492. The number of aromatic nitrogens is 3. The average Bonchev–Trinajstić information content (AvgIpc) is 2.74. The Morgan fingerprint density at radius 1 is 1.11 bits per heavy atom. The van der Waals surface area contributed by atoms with Gasteiger partial charge < -0.3 is 14.5 Å². The Labute approximate surface area is 162 Å². The molecule has 1 aliphatic rings. The smallest absolute Gasteiger partial charge is 0.274 e. The topological polar surface area (TPSA) is 84.8 Å². The van der Waals surface area contributed by atoms with Crippen LogP contribution in [-0.4, -0.2) is 55.3 Å². The number of hydrogen-bond donors (Lipinski definition) is 1. The average molecular weight is 382 g/mol. The Bertz CT molecular complexity index is 1010. The van der Waals surface area contributed by atoms with Crippen LogP contribution in [0.5, 0.6) is 11.5 Å². The number of piperazine rings is 1. The SMILES string of the molecule is COc1cc2nc(CN3CCN(c4cccc[nH+]4)CC3)[nH]c(=O)c2cc1OC. The molecule has 0 atom stereocenters. The van der Waals surface area contributed by atoms with Gasteiger partial charge in [0, 0.05) is 25.2 Å². The quantitative estimate of drug-likeness (QED) is 0.711. The molecule has 0 spiro atoms. The number of hydrogen-bond acceptors (Lipinski definition) is 6. The zero-order valence-corrected chi connectivity index (χ0v) is 16.1. The summed E-state index contributed by atoms with van der Waals surface area (Å²) in [6.45, 7) is 4.24. The van der Waals surface area contributed by atoms with Crippen LogP contribution in [0.15, 0.2) is 41.3 Å². The summed E-state index contributed by atoms with van der Waals surface area (Å²) in [6.07, 6.45) is 1.94. The van der Waals surface area contributed by atoms with Gasteiger partial charge in [-0.15, -0.1) is 0 Å². The van der Waals surface area contributed by atoms with Gasteiger partial charge in [0.05, 0.1) is 51.0 Å². The highest BCUT2D eigenvalue weighted by molar-refractivity contribution is 5.81. The van der Waals surface area contributed by atoms with Crippen LogP contribution in [-0.2, 0) is 6.54 Å². The summed E-state index contributed by atoms with van der Waals surface area (Å²) in [5.41, 5.74) is 0.437. The lowest BCUT2D eigenvalue weighted by atomic mass is 10.2. The first-order chi connectivity index (χ1) is 13.7. The second-order valence-corrected chi connectivity index (χ2v) is 6.75. The van der Waals surface area contributed by atoms with Crippen molar-refractivity contribution in [2.75, 3.05) is 45.3 Å². The van der Waals surface area contributed by atoms with Gasteiger partial charge in [-0.25, -0.2) is 9.97 Å². The lowest BCUT2D eigenvalue weighted by molar-refractivity contribution is -0.364. The predicted molar refractivity (Wildman–Crippen MR) is 106 cm³/mol. The molecule has 4 rings (SSSR count). The minimum atomic E-state index is -0.168. The van der Waals surface area contributed by atoms with Gasteiger partial charge in [-0.05, 0) is 12.1 Å². The highest BCUT2D eigenvalue weighted by atomic mass is 16.5.